The Hall–Kier alpha value is -3.42. The average Bonchev–Trinajstić information content (AvgIpc) is 2.95. The molecule has 1 aliphatic carbocycles. The van der Waals surface area contributed by atoms with E-state index in [9.17, 15) is 24.3 Å². The molecule has 0 radical (unpaired) electrons. The van der Waals surface area contributed by atoms with Crippen molar-refractivity contribution in [3.05, 3.63) is 52.4 Å². The molecular weight excluding hydrogens is 378 g/mol. The zero-order valence-corrected chi connectivity index (χ0v) is 15.7. The molecule has 29 heavy (non-hydrogen) atoms. The summed E-state index contributed by atoms with van der Waals surface area (Å²) in [6.45, 7) is 1.22. The van der Waals surface area contributed by atoms with E-state index in [4.69, 9.17) is 9.15 Å². The number of rotatable bonds is 4. The summed E-state index contributed by atoms with van der Waals surface area (Å²) >= 11 is 0. The number of nitrogens with zero attached hydrogens (tertiary/aromatic N) is 1. The second-order valence-electron chi connectivity index (χ2n) is 7.26. The molecule has 150 valence electrons. The van der Waals surface area contributed by atoms with Crippen LogP contribution in [0.1, 0.15) is 25.3 Å². The zero-order chi connectivity index (χ0) is 20.7. The summed E-state index contributed by atoms with van der Waals surface area (Å²) < 4.78 is 10.3. The standard InChI is InChI=1S/C21H19NO7/c1-11(22-19(25)15-4-2-3-5-16(15)20(22)26)21(27)28-10-12-8-18(24)29-17-9-13(23)6-7-14(12)17/h2-3,6-9,11,15-16,23H,4-5,10H2,1H3/t11-,15-,16-/m0/s1. The predicted octanol–water partition coefficient (Wildman–Crippen LogP) is 1.88. The molecule has 2 amide bonds. The summed E-state index contributed by atoms with van der Waals surface area (Å²) in [6.07, 6.45) is 4.74. The summed E-state index contributed by atoms with van der Waals surface area (Å²) in [6, 6.07) is 4.40. The van der Waals surface area contributed by atoms with E-state index < -0.39 is 29.5 Å². The van der Waals surface area contributed by atoms with Crippen molar-refractivity contribution in [2.24, 2.45) is 11.8 Å². The lowest BCUT2D eigenvalue weighted by Gasteiger charge is -2.21. The van der Waals surface area contributed by atoms with Crippen LogP contribution in [0.25, 0.3) is 11.0 Å². The number of aromatic hydroxyl groups is 1. The summed E-state index contributed by atoms with van der Waals surface area (Å²) in [5, 5.41) is 10.0. The van der Waals surface area contributed by atoms with Crippen LogP contribution in [0.15, 0.2) is 45.6 Å². The maximum Gasteiger partial charge on any atom is 0.336 e. The fourth-order valence-corrected chi connectivity index (χ4v) is 3.92. The molecule has 0 spiro atoms. The van der Waals surface area contributed by atoms with Gasteiger partial charge in [-0.2, -0.15) is 0 Å². The van der Waals surface area contributed by atoms with Crippen LogP contribution >= 0.6 is 0 Å². The molecule has 1 aromatic carbocycles. The van der Waals surface area contributed by atoms with Gasteiger partial charge in [-0.05, 0) is 31.9 Å². The quantitative estimate of drug-likeness (QED) is 0.363. The third kappa shape index (κ3) is 3.30. The van der Waals surface area contributed by atoms with Crippen molar-refractivity contribution in [2.75, 3.05) is 0 Å². The van der Waals surface area contributed by atoms with Gasteiger partial charge in [-0.15, -0.1) is 0 Å². The van der Waals surface area contributed by atoms with Crippen molar-refractivity contribution in [1.82, 2.24) is 4.90 Å². The van der Waals surface area contributed by atoms with E-state index in [0.717, 1.165) is 4.90 Å². The fourth-order valence-electron chi connectivity index (χ4n) is 3.92. The summed E-state index contributed by atoms with van der Waals surface area (Å²) in [5.41, 5.74) is -0.0875. The highest BCUT2D eigenvalue weighted by Gasteiger charge is 2.50. The Morgan fingerprint density at radius 3 is 2.48 bits per heavy atom. The molecule has 0 bridgehead atoms. The lowest BCUT2D eigenvalue weighted by atomic mass is 9.85. The third-order valence-corrected chi connectivity index (χ3v) is 5.45. The van der Waals surface area contributed by atoms with Gasteiger partial charge in [-0.3, -0.25) is 14.5 Å². The topological polar surface area (TPSA) is 114 Å². The van der Waals surface area contributed by atoms with Crippen molar-refractivity contribution >= 4 is 28.8 Å². The van der Waals surface area contributed by atoms with E-state index in [1.165, 1.54) is 25.1 Å². The number of hydrogen-bond acceptors (Lipinski definition) is 7. The lowest BCUT2D eigenvalue weighted by molar-refractivity contribution is -0.159. The number of benzene rings is 1. The van der Waals surface area contributed by atoms with Gasteiger partial charge >= 0.3 is 11.6 Å². The molecule has 8 heteroatoms. The number of imide groups is 1. The molecule has 1 aromatic heterocycles. The van der Waals surface area contributed by atoms with Gasteiger partial charge in [-0.1, -0.05) is 12.2 Å². The van der Waals surface area contributed by atoms with Gasteiger partial charge in [-0.25, -0.2) is 9.59 Å². The van der Waals surface area contributed by atoms with Gasteiger partial charge < -0.3 is 14.3 Å². The molecule has 2 aromatic rings. The molecule has 2 aliphatic rings. The van der Waals surface area contributed by atoms with E-state index >= 15 is 0 Å². The molecule has 1 aliphatic heterocycles. The molecule has 2 heterocycles. The smallest absolute Gasteiger partial charge is 0.336 e. The van der Waals surface area contributed by atoms with Crippen LogP contribution in [0.3, 0.4) is 0 Å². The molecule has 3 atom stereocenters. The second-order valence-corrected chi connectivity index (χ2v) is 7.26. The first-order valence-corrected chi connectivity index (χ1v) is 9.31. The molecule has 1 N–H and O–H groups in total. The predicted molar refractivity (Wildman–Crippen MR) is 101 cm³/mol. The van der Waals surface area contributed by atoms with Gasteiger partial charge in [0.05, 0.1) is 11.8 Å². The minimum absolute atomic E-state index is 0.0644. The molecule has 1 saturated heterocycles. The number of carbonyl (C=O) groups is 3. The van der Waals surface area contributed by atoms with Gasteiger partial charge in [0, 0.05) is 23.1 Å². The van der Waals surface area contributed by atoms with E-state index in [1.54, 1.807) is 6.07 Å². The largest absolute Gasteiger partial charge is 0.508 e. The molecule has 4 rings (SSSR count). The van der Waals surface area contributed by atoms with Crippen LogP contribution < -0.4 is 5.63 Å². The van der Waals surface area contributed by atoms with Crippen LogP contribution in [0.2, 0.25) is 0 Å². The summed E-state index contributed by atoms with van der Waals surface area (Å²) in [4.78, 5) is 50.5. The Morgan fingerprint density at radius 2 is 1.83 bits per heavy atom. The number of amides is 2. The minimum Gasteiger partial charge on any atom is -0.508 e. The number of fused-ring (bicyclic) bond motifs is 2. The molecule has 1 fully saturated rings. The Morgan fingerprint density at radius 1 is 1.17 bits per heavy atom. The number of phenolic OH excluding ortho intramolecular Hbond substituents is 1. The average molecular weight is 397 g/mol. The van der Waals surface area contributed by atoms with Crippen molar-refractivity contribution in [3.63, 3.8) is 0 Å². The maximum absolute atomic E-state index is 12.6. The Balaban J connectivity index is 1.50. The Labute approximate surface area is 165 Å². The number of esters is 1. The Bertz CT molecular complexity index is 1070. The highest BCUT2D eigenvalue weighted by molar-refractivity contribution is 6.08. The van der Waals surface area contributed by atoms with E-state index in [0.29, 0.717) is 23.8 Å². The van der Waals surface area contributed by atoms with E-state index in [1.807, 2.05) is 12.2 Å². The summed E-state index contributed by atoms with van der Waals surface area (Å²) in [7, 11) is 0. The number of phenols is 1. The van der Waals surface area contributed by atoms with Gasteiger partial charge in [0.2, 0.25) is 11.8 Å². The highest BCUT2D eigenvalue weighted by Crippen LogP contribution is 2.36. The fraction of sp³-hybridized carbons (Fsp3) is 0.333. The first-order chi connectivity index (χ1) is 13.9. The van der Waals surface area contributed by atoms with E-state index in [2.05, 4.69) is 0 Å². The van der Waals surface area contributed by atoms with Crippen molar-refractivity contribution < 1.29 is 28.6 Å². The first-order valence-electron chi connectivity index (χ1n) is 9.31. The zero-order valence-electron chi connectivity index (χ0n) is 15.7. The third-order valence-electron chi connectivity index (χ3n) is 5.45. The van der Waals surface area contributed by atoms with Crippen molar-refractivity contribution in [1.29, 1.82) is 0 Å². The highest BCUT2D eigenvalue weighted by atomic mass is 16.5. The number of carbonyl (C=O) groups excluding carboxylic acids is 3. The Kier molecular flexibility index (Phi) is 4.70. The second kappa shape index (κ2) is 7.20. The van der Waals surface area contributed by atoms with Gasteiger partial charge in [0.1, 0.15) is 24.0 Å². The van der Waals surface area contributed by atoms with E-state index in [-0.39, 0.29) is 29.8 Å². The SMILES string of the molecule is C[C@@H](C(=O)OCc1cc(=O)oc2cc(O)ccc12)N1C(=O)[C@H]2CC=CC[C@@H]2C1=O. The van der Waals surface area contributed by atoms with Crippen molar-refractivity contribution in [3.8, 4) is 5.75 Å². The number of allylic oxidation sites excluding steroid dienone is 2. The summed E-state index contributed by atoms with van der Waals surface area (Å²) in [5.74, 6) is -2.34. The number of likely N-dealkylation sites (tertiary alicyclic amines) is 1. The normalized spacial score (nSPS) is 22.0. The van der Waals surface area contributed by atoms with Gasteiger partial charge in [0.15, 0.2) is 0 Å². The lowest BCUT2D eigenvalue weighted by Crippen LogP contribution is -2.44. The van der Waals surface area contributed by atoms with Gasteiger partial charge in [0.25, 0.3) is 0 Å². The number of hydrogen-bond donors (Lipinski definition) is 1. The molecule has 0 unspecified atom stereocenters. The molecular formula is C21H19NO7. The minimum atomic E-state index is -1.06. The molecule has 0 saturated carbocycles. The van der Waals surface area contributed by atoms with Crippen LogP contribution in [0.4, 0.5) is 0 Å². The van der Waals surface area contributed by atoms with Crippen LogP contribution in [0, 0.1) is 11.8 Å². The van der Waals surface area contributed by atoms with Crippen LogP contribution in [-0.4, -0.2) is 33.8 Å². The first kappa shape index (κ1) is 18.9. The molecule has 8 nitrogen and oxygen atoms in total. The monoisotopic (exact) mass is 397 g/mol. The van der Waals surface area contributed by atoms with Crippen molar-refractivity contribution in [2.45, 2.75) is 32.4 Å². The van der Waals surface area contributed by atoms with Crippen LogP contribution in [0.5, 0.6) is 5.75 Å². The number of ether oxygens (including phenoxy) is 1. The van der Waals surface area contributed by atoms with Crippen LogP contribution in [-0.2, 0) is 25.7 Å². The maximum atomic E-state index is 12.6.